The summed E-state index contributed by atoms with van der Waals surface area (Å²) in [6.07, 6.45) is 2.67. The van der Waals surface area contributed by atoms with Crippen molar-refractivity contribution in [3.63, 3.8) is 0 Å². The van der Waals surface area contributed by atoms with Gasteiger partial charge in [0, 0.05) is 18.7 Å². The van der Waals surface area contributed by atoms with Crippen molar-refractivity contribution >= 4 is 11.6 Å². The number of hydrogen-bond donors (Lipinski definition) is 1. The van der Waals surface area contributed by atoms with E-state index in [1.165, 1.54) is 0 Å². The molecule has 1 atom stereocenters. The Morgan fingerprint density at radius 2 is 2.00 bits per heavy atom. The predicted octanol–water partition coefficient (Wildman–Crippen LogP) is 1.73. The molecule has 3 nitrogen and oxygen atoms in total. The van der Waals surface area contributed by atoms with Gasteiger partial charge in [-0.2, -0.15) is 0 Å². The van der Waals surface area contributed by atoms with Crippen LogP contribution < -0.4 is 5.73 Å². The number of nitrogens with two attached hydrogens (primary N) is 1. The lowest BCUT2D eigenvalue weighted by molar-refractivity contribution is -0.120. The van der Waals surface area contributed by atoms with Gasteiger partial charge in [0.25, 0.3) is 5.91 Å². The third-order valence-corrected chi connectivity index (χ3v) is 2.96. The number of rotatable bonds is 3. The molecule has 0 radical (unpaired) electrons. The van der Waals surface area contributed by atoms with E-state index in [-0.39, 0.29) is 11.8 Å². The summed E-state index contributed by atoms with van der Waals surface area (Å²) in [7, 11) is 0. The Kier molecular flexibility index (Phi) is 3.49. The van der Waals surface area contributed by atoms with Gasteiger partial charge in [0.1, 0.15) is 0 Å². The molecule has 0 saturated heterocycles. The Bertz CT molecular complexity index is 474. The van der Waals surface area contributed by atoms with Crippen molar-refractivity contribution in [2.45, 2.75) is 13.3 Å². The van der Waals surface area contributed by atoms with Crippen LogP contribution in [0.5, 0.6) is 0 Å². The van der Waals surface area contributed by atoms with Crippen LogP contribution in [0.1, 0.15) is 12.5 Å². The second-order valence-electron chi connectivity index (χ2n) is 4.28. The van der Waals surface area contributed by atoms with Crippen LogP contribution in [-0.2, 0) is 11.2 Å². The van der Waals surface area contributed by atoms with E-state index in [9.17, 15) is 4.79 Å². The standard InChI is InChI=1S/C14H16N2O/c1-10-7-12(16-14(17)13(10)9-15)8-11-5-3-2-4-6-11/h2-7,13H,8-9,15H2,1H3. The van der Waals surface area contributed by atoms with E-state index in [1.807, 2.05) is 43.3 Å². The SMILES string of the molecule is CC1=CC(Cc2ccccc2)=NC(=O)C1CN. The number of carbonyl (C=O) groups is 1. The van der Waals surface area contributed by atoms with Crippen LogP contribution in [0.25, 0.3) is 0 Å². The summed E-state index contributed by atoms with van der Waals surface area (Å²) in [6.45, 7) is 2.28. The van der Waals surface area contributed by atoms with Gasteiger partial charge in [0.2, 0.25) is 0 Å². The van der Waals surface area contributed by atoms with Gasteiger partial charge in [0.05, 0.1) is 5.92 Å². The Morgan fingerprint density at radius 3 is 2.59 bits per heavy atom. The highest BCUT2D eigenvalue weighted by Crippen LogP contribution is 2.17. The first-order valence-corrected chi connectivity index (χ1v) is 5.74. The van der Waals surface area contributed by atoms with Gasteiger partial charge in [-0.3, -0.25) is 4.79 Å². The second kappa shape index (κ2) is 5.06. The second-order valence-corrected chi connectivity index (χ2v) is 4.28. The van der Waals surface area contributed by atoms with Crippen molar-refractivity contribution in [3.05, 3.63) is 47.5 Å². The Labute approximate surface area is 101 Å². The molecule has 1 aromatic carbocycles. The number of hydrogen-bond acceptors (Lipinski definition) is 2. The lowest BCUT2D eigenvalue weighted by atomic mass is 9.94. The van der Waals surface area contributed by atoms with E-state index >= 15 is 0 Å². The average molecular weight is 228 g/mol. The fraction of sp³-hybridized carbons (Fsp3) is 0.286. The van der Waals surface area contributed by atoms with Crippen LogP contribution >= 0.6 is 0 Å². The molecule has 88 valence electrons. The van der Waals surface area contributed by atoms with E-state index in [4.69, 9.17) is 5.73 Å². The van der Waals surface area contributed by atoms with E-state index in [0.29, 0.717) is 13.0 Å². The number of aliphatic imine (C=N–C) groups is 1. The zero-order valence-electron chi connectivity index (χ0n) is 9.89. The van der Waals surface area contributed by atoms with Gasteiger partial charge in [-0.05, 0) is 18.6 Å². The van der Waals surface area contributed by atoms with E-state index in [1.54, 1.807) is 0 Å². The van der Waals surface area contributed by atoms with Crippen LogP contribution in [0.4, 0.5) is 0 Å². The maximum absolute atomic E-state index is 11.7. The van der Waals surface area contributed by atoms with Gasteiger partial charge in [-0.1, -0.05) is 35.9 Å². The largest absolute Gasteiger partial charge is 0.329 e. The van der Waals surface area contributed by atoms with Crippen LogP contribution in [0.2, 0.25) is 0 Å². The molecule has 1 heterocycles. The molecule has 3 heteroatoms. The minimum atomic E-state index is -0.227. The maximum atomic E-state index is 11.7. The normalized spacial score (nSPS) is 19.9. The number of amides is 1. The minimum Gasteiger partial charge on any atom is -0.329 e. The van der Waals surface area contributed by atoms with Gasteiger partial charge in [0.15, 0.2) is 0 Å². The van der Waals surface area contributed by atoms with Crippen molar-refractivity contribution < 1.29 is 4.79 Å². The van der Waals surface area contributed by atoms with Crippen LogP contribution in [0.15, 0.2) is 47.0 Å². The number of carbonyl (C=O) groups excluding carboxylic acids is 1. The molecule has 0 saturated carbocycles. The summed E-state index contributed by atoms with van der Waals surface area (Å²) in [5, 5.41) is 0. The van der Waals surface area contributed by atoms with Gasteiger partial charge < -0.3 is 5.73 Å². The van der Waals surface area contributed by atoms with Gasteiger partial charge >= 0.3 is 0 Å². The quantitative estimate of drug-likeness (QED) is 0.856. The van der Waals surface area contributed by atoms with Crippen molar-refractivity contribution in [2.24, 2.45) is 16.6 Å². The third-order valence-electron chi connectivity index (χ3n) is 2.96. The Balaban J connectivity index is 2.17. The molecule has 0 aromatic heterocycles. The summed E-state index contributed by atoms with van der Waals surface area (Å²) in [4.78, 5) is 15.8. The molecular formula is C14H16N2O. The lowest BCUT2D eigenvalue weighted by Gasteiger charge is -2.17. The van der Waals surface area contributed by atoms with Crippen molar-refractivity contribution in [1.29, 1.82) is 0 Å². The van der Waals surface area contributed by atoms with Crippen molar-refractivity contribution in [3.8, 4) is 0 Å². The molecule has 0 bridgehead atoms. The fourth-order valence-electron chi connectivity index (χ4n) is 1.99. The number of allylic oxidation sites excluding steroid dienone is 1. The number of benzene rings is 1. The zero-order valence-corrected chi connectivity index (χ0v) is 9.89. The Morgan fingerprint density at radius 1 is 1.29 bits per heavy atom. The molecule has 1 aromatic rings. The molecule has 1 aliphatic heterocycles. The molecule has 1 unspecified atom stereocenters. The average Bonchev–Trinajstić information content (AvgIpc) is 2.30. The minimum absolute atomic E-state index is 0.113. The third kappa shape index (κ3) is 2.68. The highest BCUT2D eigenvalue weighted by atomic mass is 16.1. The molecule has 1 aliphatic rings. The topological polar surface area (TPSA) is 55.5 Å². The molecule has 0 fully saturated rings. The van der Waals surface area contributed by atoms with Crippen molar-refractivity contribution in [1.82, 2.24) is 0 Å². The molecule has 2 N–H and O–H groups in total. The van der Waals surface area contributed by atoms with Crippen LogP contribution in [-0.4, -0.2) is 18.2 Å². The summed E-state index contributed by atoms with van der Waals surface area (Å²) >= 11 is 0. The van der Waals surface area contributed by atoms with Crippen LogP contribution in [0.3, 0.4) is 0 Å². The molecule has 1 amide bonds. The summed E-state index contributed by atoms with van der Waals surface area (Å²) in [5.74, 6) is -0.340. The summed E-state index contributed by atoms with van der Waals surface area (Å²) < 4.78 is 0. The first kappa shape index (κ1) is 11.7. The van der Waals surface area contributed by atoms with E-state index < -0.39 is 0 Å². The number of nitrogens with zero attached hydrogens (tertiary/aromatic N) is 1. The van der Waals surface area contributed by atoms with Gasteiger partial charge in [-0.15, -0.1) is 0 Å². The van der Waals surface area contributed by atoms with Gasteiger partial charge in [-0.25, -0.2) is 4.99 Å². The first-order valence-electron chi connectivity index (χ1n) is 5.74. The molecule has 0 aliphatic carbocycles. The van der Waals surface area contributed by atoms with Crippen molar-refractivity contribution in [2.75, 3.05) is 6.54 Å². The Hall–Kier alpha value is -1.74. The summed E-state index contributed by atoms with van der Waals surface area (Å²) in [6, 6.07) is 10.0. The first-order chi connectivity index (χ1) is 8.20. The lowest BCUT2D eigenvalue weighted by Crippen LogP contribution is -2.28. The fourth-order valence-corrected chi connectivity index (χ4v) is 1.99. The van der Waals surface area contributed by atoms with Crippen LogP contribution in [0, 0.1) is 5.92 Å². The monoisotopic (exact) mass is 228 g/mol. The smallest absolute Gasteiger partial charge is 0.254 e. The molecule has 0 spiro atoms. The molecular weight excluding hydrogens is 212 g/mol. The highest BCUT2D eigenvalue weighted by molar-refractivity contribution is 6.07. The van der Waals surface area contributed by atoms with E-state index in [2.05, 4.69) is 4.99 Å². The summed E-state index contributed by atoms with van der Waals surface area (Å²) in [5.41, 5.74) is 8.55. The molecule has 2 rings (SSSR count). The number of dihydropyridines is 1. The maximum Gasteiger partial charge on any atom is 0.254 e. The molecule has 17 heavy (non-hydrogen) atoms. The zero-order chi connectivity index (χ0) is 12.3. The van der Waals surface area contributed by atoms with E-state index in [0.717, 1.165) is 16.8 Å². The highest BCUT2D eigenvalue weighted by Gasteiger charge is 2.22. The predicted molar refractivity (Wildman–Crippen MR) is 68.9 cm³/mol.